The van der Waals surface area contributed by atoms with Gasteiger partial charge >= 0.3 is 0 Å². The number of hydrogen-bond donors (Lipinski definition) is 3. The van der Waals surface area contributed by atoms with Gasteiger partial charge < -0.3 is 16.4 Å². The predicted molar refractivity (Wildman–Crippen MR) is 202 cm³/mol. The molecule has 0 aliphatic rings. The number of carbonyl (C=O) groups excluding carboxylic acids is 2. The van der Waals surface area contributed by atoms with Crippen LogP contribution in [-0.2, 0) is 9.59 Å². The van der Waals surface area contributed by atoms with Crippen LogP contribution in [0.5, 0.6) is 0 Å². The van der Waals surface area contributed by atoms with Crippen molar-refractivity contribution in [2.24, 2.45) is 17.6 Å². The molecule has 0 bridgehead atoms. The fraction of sp³-hybridized carbons (Fsp3) is 0.951. The van der Waals surface area contributed by atoms with Crippen LogP contribution in [0.1, 0.15) is 220 Å². The van der Waals surface area contributed by atoms with E-state index in [1.807, 2.05) is 0 Å². The second-order valence-corrected chi connectivity index (χ2v) is 14.4. The number of nitrogens with two attached hydrogens (primary N) is 1. The molecular formula is C41H83N3O2. The van der Waals surface area contributed by atoms with Gasteiger partial charge in [-0.15, -0.1) is 0 Å². The summed E-state index contributed by atoms with van der Waals surface area (Å²) in [4.78, 5) is 23.7. The smallest absolute Gasteiger partial charge is 0.220 e. The number of nitrogens with one attached hydrogen (secondary N) is 2. The molecular weight excluding hydrogens is 566 g/mol. The Balaban J connectivity index is 4.73. The van der Waals surface area contributed by atoms with Crippen molar-refractivity contribution in [2.45, 2.75) is 220 Å². The second kappa shape index (κ2) is 36.7. The van der Waals surface area contributed by atoms with Crippen LogP contribution >= 0.6 is 0 Å². The van der Waals surface area contributed by atoms with Crippen molar-refractivity contribution in [3.63, 3.8) is 0 Å². The van der Waals surface area contributed by atoms with Crippen molar-refractivity contribution >= 4 is 11.8 Å². The third-order valence-corrected chi connectivity index (χ3v) is 10.0. The molecule has 2 atom stereocenters. The average Bonchev–Trinajstić information content (AvgIpc) is 3.06. The van der Waals surface area contributed by atoms with Crippen molar-refractivity contribution in [3.8, 4) is 0 Å². The summed E-state index contributed by atoms with van der Waals surface area (Å²) in [6.07, 6.45) is 40.1. The van der Waals surface area contributed by atoms with E-state index in [9.17, 15) is 9.59 Å². The molecule has 0 aromatic carbocycles. The summed E-state index contributed by atoms with van der Waals surface area (Å²) in [5.41, 5.74) is 5.48. The van der Waals surface area contributed by atoms with Crippen LogP contribution in [0.3, 0.4) is 0 Å². The van der Waals surface area contributed by atoms with E-state index in [1.54, 1.807) is 0 Å². The lowest BCUT2D eigenvalue weighted by molar-refractivity contribution is -0.122. The van der Waals surface area contributed by atoms with Gasteiger partial charge in [0, 0.05) is 32.5 Å². The Morgan fingerprint density at radius 2 is 0.717 bits per heavy atom. The summed E-state index contributed by atoms with van der Waals surface area (Å²) >= 11 is 0. The molecule has 0 radical (unpaired) electrons. The molecule has 2 amide bonds. The Kier molecular flexibility index (Phi) is 35.9. The number of amides is 2. The van der Waals surface area contributed by atoms with Crippen LogP contribution in [0.4, 0.5) is 0 Å². The zero-order valence-corrected chi connectivity index (χ0v) is 31.6. The Morgan fingerprint density at radius 1 is 0.413 bits per heavy atom. The molecule has 0 heterocycles. The number of unbranched alkanes of at least 4 members (excludes halogenated alkanes) is 20. The van der Waals surface area contributed by atoms with E-state index < -0.39 is 0 Å². The fourth-order valence-electron chi connectivity index (χ4n) is 7.06. The van der Waals surface area contributed by atoms with E-state index in [0.717, 1.165) is 37.6 Å². The molecule has 0 aromatic heterocycles. The zero-order chi connectivity index (χ0) is 33.8. The third kappa shape index (κ3) is 31.5. The van der Waals surface area contributed by atoms with Gasteiger partial charge in [0.1, 0.15) is 0 Å². The van der Waals surface area contributed by atoms with Gasteiger partial charge in [0.25, 0.3) is 0 Å². The van der Waals surface area contributed by atoms with Crippen molar-refractivity contribution < 1.29 is 9.59 Å². The molecule has 0 aliphatic heterocycles. The van der Waals surface area contributed by atoms with Crippen LogP contribution in [0.15, 0.2) is 0 Å². The number of hydrogen-bond acceptors (Lipinski definition) is 3. The monoisotopic (exact) mass is 650 g/mol. The quantitative estimate of drug-likeness (QED) is 0.0585. The summed E-state index contributed by atoms with van der Waals surface area (Å²) in [6, 6.07) is 0. The van der Waals surface area contributed by atoms with Crippen LogP contribution in [0.2, 0.25) is 0 Å². The largest absolute Gasteiger partial charge is 0.356 e. The minimum absolute atomic E-state index is 0.159. The summed E-state index contributed by atoms with van der Waals surface area (Å²) in [6.45, 7) is 8.67. The molecule has 0 rings (SSSR count). The first-order valence-corrected chi connectivity index (χ1v) is 20.8. The first kappa shape index (κ1) is 44.9. The van der Waals surface area contributed by atoms with E-state index >= 15 is 0 Å². The lowest BCUT2D eigenvalue weighted by Gasteiger charge is -2.28. The molecule has 0 saturated heterocycles. The summed E-state index contributed by atoms with van der Waals surface area (Å²) in [5.74, 6) is 2.22. The maximum atomic E-state index is 11.9. The van der Waals surface area contributed by atoms with E-state index in [4.69, 9.17) is 5.73 Å². The van der Waals surface area contributed by atoms with Gasteiger partial charge in [0.2, 0.25) is 11.8 Å². The van der Waals surface area contributed by atoms with E-state index in [0.29, 0.717) is 25.9 Å². The maximum Gasteiger partial charge on any atom is 0.220 e. The van der Waals surface area contributed by atoms with Gasteiger partial charge in [-0.1, -0.05) is 188 Å². The summed E-state index contributed by atoms with van der Waals surface area (Å²) in [7, 11) is 0. The number of carbonyl (C=O) groups is 2. The summed E-state index contributed by atoms with van der Waals surface area (Å²) in [5, 5.41) is 5.89. The lowest BCUT2D eigenvalue weighted by atomic mass is 9.78. The molecule has 4 N–H and O–H groups in total. The Bertz CT molecular complexity index is 587. The minimum Gasteiger partial charge on any atom is -0.356 e. The van der Waals surface area contributed by atoms with E-state index in [-0.39, 0.29) is 11.8 Å². The number of rotatable bonds is 37. The normalized spacial score (nSPS) is 12.7. The molecule has 5 heteroatoms. The van der Waals surface area contributed by atoms with Gasteiger partial charge in [-0.3, -0.25) is 9.59 Å². The van der Waals surface area contributed by atoms with Crippen LogP contribution in [0.25, 0.3) is 0 Å². The van der Waals surface area contributed by atoms with Crippen molar-refractivity contribution in [1.29, 1.82) is 0 Å². The molecule has 0 aromatic rings. The van der Waals surface area contributed by atoms with E-state index in [1.165, 1.54) is 167 Å². The molecule has 5 nitrogen and oxygen atoms in total. The summed E-state index contributed by atoms with van der Waals surface area (Å²) < 4.78 is 0. The first-order valence-electron chi connectivity index (χ1n) is 20.8. The maximum absolute atomic E-state index is 11.9. The second-order valence-electron chi connectivity index (χ2n) is 14.4. The highest BCUT2D eigenvalue weighted by Gasteiger charge is 2.20. The first-order chi connectivity index (χ1) is 22.6. The molecule has 46 heavy (non-hydrogen) atoms. The average molecular weight is 650 g/mol. The molecule has 274 valence electrons. The molecule has 0 saturated carbocycles. The van der Waals surface area contributed by atoms with Gasteiger partial charge in [-0.05, 0) is 31.1 Å². The Morgan fingerprint density at radius 3 is 1.04 bits per heavy atom. The minimum atomic E-state index is 0.159. The molecule has 2 unspecified atom stereocenters. The predicted octanol–water partition coefficient (Wildman–Crippen LogP) is 11.6. The van der Waals surface area contributed by atoms with Crippen LogP contribution in [-0.4, -0.2) is 31.4 Å². The highest BCUT2D eigenvalue weighted by atomic mass is 16.2. The standard InChI is InChI=1S/C41H83N3O2/c1-4-7-9-11-17-23-29-38(31-25-19-13-15-21-27-33-40(45)43-36-6-3)39(30-24-18-12-10-8-5-2)32-26-20-14-16-22-28-34-41(46)44-37-35-42/h38-39H,4-37,42H2,1-3H3,(H,43,45)(H,44,46). The molecule has 0 fully saturated rings. The fourth-order valence-corrected chi connectivity index (χ4v) is 7.06. The highest BCUT2D eigenvalue weighted by Crippen LogP contribution is 2.33. The van der Waals surface area contributed by atoms with Gasteiger partial charge in [0.15, 0.2) is 0 Å². The van der Waals surface area contributed by atoms with Crippen LogP contribution in [0, 0.1) is 11.8 Å². The van der Waals surface area contributed by atoms with Gasteiger partial charge in [0.05, 0.1) is 0 Å². The van der Waals surface area contributed by atoms with Crippen molar-refractivity contribution in [2.75, 3.05) is 19.6 Å². The third-order valence-electron chi connectivity index (χ3n) is 10.0. The van der Waals surface area contributed by atoms with Crippen molar-refractivity contribution in [3.05, 3.63) is 0 Å². The highest BCUT2D eigenvalue weighted by molar-refractivity contribution is 5.76. The Labute approximate surface area is 288 Å². The van der Waals surface area contributed by atoms with Gasteiger partial charge in [-0.2, -0.15) is 0 Å². The lowest BCUT2D eigenvalue weighted by Crippen LogP contribution is -2.28. The van der Waals surface area contributed by atoms with E-state index in [2.05, 4.69) is 31.4 Å². The molecule has 0 aliphatic carbocycles. The SMILES string of the molecule is CCCCCCCCC(CCCCCCCCC(=O)NCCC)C(CCCCCCCC)CCCCCCCCC(=O)NCCN. The topological polar surface area (TPSA) is 84.2 Å². The zero-order valence-electron chi connectivity index (χ0n) is 31.6. The van der Waals surface area contributed by atoms with Crippen LogP contribution < -0.4 is 16.4 Å². The Hall–Kier alpha value is -1.10. The van der Waals surface area contributed by atoms with Gasteiger partial charge in [-0.25, -0.2) is 0 Å². The molecule has 0 spiro atoms. The van der Waals surface area contributed by atoms with Crippen molar-refractivity contribution in [1.82, 2.24) is 10.6 Å².